The molecule has 0 unspecified atom stereocenters. The maximum absolute atomic E-state index is 12.2. The van der Waals surface area contributed by atoms with Crippen LogP contribution in [0.2, 0.25) is 0 Å². The van der Waals surface area contributed by atoms with Crippen molar-refractivity contribution in [2.75, 3.05) is 0 Å². The molecular formula is C12H11BrN2O3. The second-order valence-corrected chi connectivity index (χ2v) is 5.64. The molecule has 18 heavy (non-hydrogen) atoms. The van der Waals surface area contributed by atoms with Gasteiger partial charge in [-0.15, -0.1) is 0 Å². The molecule has 1 aromatic carbocycles. The standard InChI is InChI=1S/C12H11BrN2O3/c13-7-4-9-10(11(5-7)15(17)18)6-14(12(9)16)8-2-1-3-8/h4-5,8H,1-3,6H2. The molecule has 0 aromatic heterocycles. The van der Waals surface area contributed by atoms with Crippen LogP contribution in [0, 0.1) is 10.1 Å². The fraction of sp³-hybridized carbons (Fsp3) is 0.417. The van der Waals surface area contributed by atoms with Crippen LogP contribution in [0.1, 0.15) is 35.2 Å². The smallest absolute Gasteiger partial charge is 0.276 e. The number of fused-ring (bicyclic) bond motifs is 1. The number of nitro groups is 1. The number of hydrogen-bond acceptors (Lipinski definition) is 3. The highest BCUT2D eigenvalue weighted by molar-refractivity contribution is 9.10. The lowest BCUT2D eigenvalue weighted by atomic mass is 9.92. The number of hydrogen-bond donors (Lipinski definition) is 0. The van der Waals surface area contributed by atoms with Crippen molar-refractivity contribution in [2.24, 2.45) is 0 Å². The van der Waals surface area contributed by atoms with Crippen LogP contribution < -0.4 is 0 Å². The maximum atomic E-state index is 12.2. The third-order valence-electron chi connectivity index (χ3n) is 3.72. The second kappa shape index (κ2) is 4.05. The second-order valence-electron chi connectivity index (χ2n) is 4.73. The maximum Gasteiger partial charge on any atom is 0.276 e. The van der Waals surface area contributed by atoms with Crippen molar-refractivity contribution in [3.63, 3.8) is 0 Å². The Kier molecular flexibility index (Phi) is 2.62. The summed E-state index contributed by atoms with van der Waals surface area (Å²) in [4.78, 5) is 24.6. The van der Waals surface area contributed by atoms with Gasteiger partial charge in [-0.3, -0.25) is 14.9 Å². The van der Waals surface area contributed by atoms with E-state index in [1.807, 2.05) is 0 Å². The first kappa shape index (κ1) is 11.6. The molecule has 1 aliphatic heterocycles. The fourth-order valence-corrected chi connectivity index (χ4v) is 2.98. The predicted molar refractivity (Wildman–Crippen MR) is 68.3 cm³/mol. The highest BCUT2D eigenvalue weighted by Crippen LogP contribution is 2.38. The van der Waals surface area contributed by atoms with Crippen molar-refractivity contribution in [3.05, 3.63) is 37.8 Å². The average molecular weight is 311 g/mol. The van der Waals surface area contributed by atoms with Crippen LogP contribution in [-0.4, -0.2) is 21.8 Å². The van der Waals surface area contributed by atoms with Crippen molar-refractivity contribution in [2.45, 2.75) is 31.8 Å². The number of benzene rings is 1. The van der Waals surface area contributed by atoms with E-state index in [9.17, 15) is 14.9 Å². The Hall–Kier alpha value is -1.43. The summed E-state index contributed by atoms with van der Waals surface area (Å²) in [6.07, 6.45) is 3.15. The molecule has 1 amide bonds. The summed E-state index contributed by atoms with van der Waals surface area (Å²) in [5, 5.41) is 11.0. The Morgan fingerprint density at radius 3 is 2.67 bits per heavy atom. The van der Waals surface area contributed by atoms with Crippen molar-refractivity contribution in [1.82, 2.24) is 4.90 Å². The van der Waals surface area contributed by atoms with Crippen LogP contribution in [0.4, 0.5) is 5.69 Å². The fourth-order valence-electron chi connectivity index (χ4n) is 2.53. The van der Waals surface area contributed by atoms with Gasteiger partial charge in [-0.1, -0.05) is 15.9 Å². The number of halogens is 1. The Morgan fingerprint density at radius 1 is 1.39 bits per heavy atom. The number of amides is 1. The Labute approximate surface area is 112 Å². The number of nitrogens with zero attached hydrogens (tertiary/aromatic N) is 2. The minimum Gasteiger partial charge on any atom is -0.331 e. The summed E-state index contributed by atoms with van der Waals surface area (Å²) in [7, 11) is 0. The molecule has 0 spiro atoms. The molecule has 0 atom stereocenters. The molecule has 3 rings (SSSR count). The van der Waals surface area contributed by atoms with Crippen LogP contribution in [0.5, 0.6) is 0 Å². The Bertz CT molecular complexity index is 554. The summed E-state index contributed by atoms with van der Waals surface area (Å²) >= 11 is 3.22. The zero-order valence-electron chi connectivity index (χ0n) is 9.56. The molecule has 1 aromatic rings. The number of nitro benzene ring substituents is 1. The van der Waals surface area contributed by atoms with Gasteiger partial charge >= 0.3 is 0 Å². The molecule has 1 aliphatic carbocycles. The Morgan fingerprint density at radius 2 is 2.11 bits per heavy atom. The molecule has 1 fully saturated rings. The lowest BCUT2D eigenvalue weighted by molar-refractivity contribution is -0.385. The van der Waals surface area contributed by atoms with Crippen LogP contribution in [0.15, 0.2) is 16.6 Å². The molecule has 6 heteroatoms. The highest BCUT2D eigenvalue weighted by atomic mass is 79.9. The normalized spacial score (nSPS) is 18.7. The molecule has 0 radical (unpaired) electrons. The summed E-state index contributed by atoms with van der Waals surface area (Å²) in [6.45, 7) is 0.377. The number of carbonyl (C=O) groups excluding carboxylic acids is 1. The van der Waals surface area contributed by atoms with Crippen LogP contribution >= 0.6 is 15.9 Å². The van der Waals surface area contributed by atoms with E-state index in [4.69, 9.17) is 0 Å². The molecule has 2 aliphatic rings. The van der Waals surface area contributed by atoms with Gasteiger partial charge in [0.2, 0.25) is 0 Å². The van der Waals surface area contributed by atoms with Gasteiger partial charge in [0.05, 0.1) is 22.6 Å². The molecule has 0 bridgehead atoms. The largest absolute Gasteiger partial charge is 0.331 e. The summed E-state index contributed by atoms with van der Waals surface area (Å²) in [6, 6.07) is 3.42. The molecule has 1 saturated carbocycles. The van der Waals surface area contributed by atoms with E-state index < -0.39 is 4.92 Å². The number of carbonyl (C=O) groups is 1. The van der Waals surface area contributed by atoms with Gasteiger partial charge in [0.1, 0.15) is 0 Å². The van der Waals surface area contributed by atoms with E-state index in [-0.39, 0.29) is 17.6 Å². The SMILES string of the molecule is O=C1c2cc(Br)cc([N+](=O)[O-])c2CN1C1CCC1. The zero-order chi connectivity index (χ0) is 12.9. The van der Waals surface area contributed by atoms with E-state index in [0.717, 1.165) is 19.3 Å². The molecule has 94 valence electrons. The van der Waals surface area contributed by atoms with E-state index >= 15 is 0 Å². The van der Waals surface area contributed by atoms with Crippen LogP contribution in [0.25, 0.3) is 0 Å². The van der Waals surface area contributed by atoms with Crippen molar-refractivity contribution >= 4 is 27.5 Å². The van der Waals surface area contributed by atoms with Crippen LogP contribution in [-0.2, 0) is 6.54 Å². The van der Waals surface area contributed by atoms with Gasteiger partial charge in [-0.05, 0) is 25.3 Å². The minimum atomic E-state index is -0.416. The minimum absolute atomic E-state index is 0.0366. The Balaban J connectivity index is 2.05. The first-order valence-corrected chi connectivity index (χ1v) is 6.65. The lowest BCUT2D eigenvalue weighted by Gasteiger charge is -2.34. The monoisotopic (exact) mass is 310 g/mol. The van der Waals surface area contributed by atoms with E-state index in [1.54, 1.807) is 11.0 Å². The quantitative estimate of drug-likeness (QED) is 0.623. The predicted octanol–water partition coefficient (Wildman–Crippen LogP) is 2.87. The van der Waals surface area contributed by atoms with Gasteiger partial charge in [0.25, 0.3) is 11.6 Å². The lowest BCUT2D eigenvalue weighted by Crippen LogP contribution is -2.40. The van der Waals surface area contributed by atoms with Gasteiger partial charge < -0.3 is 4.90 Å². The highest BCUT2D eigenvalue weighted by Gasteiger charge is 2.39. The molecule has 0 N–H and O–H groups in total. The van der Waals surface area contributed by atoms with E-state index in [1.165, 1.54) is 6.07 Å². The first-order valence-electron chi connectivity index (χ1n) is 5.85. The van der Waals surface area contributed by atoms with Gasteiger partial charge in [0.15, 0.2) is 0 Å². The molecule has 1 heterocycles. The summed E-state index contributed by atoms with van der Waals surface area (Å²) < 4.78 is 0.580. The van der Waals surface area contributed by atoms with Crippen molar-refractivity contribution in [1.29, 1.82) is 0 Å². The van der Waals surface area contributed by atoms with Gasteiger partial charge in [0, 0.05) is 16.6 Å². The molecular weight excluding hydrogens is 300 g/mol. The molecule has 0 saturated heterocycles. The number of rotatable bonds is 2. The average Bonchev–Trinajstić information content (AvgIpc) is 2.54. The van der Waals surface area contributed by atoms with E-state index in [0.29, 0.717) is 22.1 Å². The third-order valence-corrected chi connectivity index (χ3v) is 4.18. The zero-order valence-corrected chi connectivity index (χ0v) is 11.1. The summed E-state index contributed by atoms with van der Waals surface area (Å²) in [5.41, 5.74) is 1.07. The van der Waals surface area contributed by atoms with Crippen LogP contribution in [0.3, 0.4) is 0 Å². The van der Waals surface area contributed by atoms with Crippen molar-refractivity contribution in [3.8, 4) is 0 Å². The summed E-state index contributed by atoms with van der Waals surface area (Å²) in [5.74, 6) is -0.0703. The topological polar surface area (TPSA) is 63.4 Å². The van der Waals surface area contributed by atoms with Crippen molar-refractivity contribution < 1.29 is 9.72 Å². The first-order chi connectivity index (χ1) is 8.58. The third kappa shape index (κ3) is 1.63. The van der Waals surface area contributed by atoms with Gasteiger partial charge in [-0.25, -0.2) is 0 Å². The van der Waals surface area contributed by atoms with E-state index in [2.05, 4.69) is 15.9 Å². The molecule has 5 nitrogen and oxygen atoms in total. The van der Waals surface area contributed by atoms with Gasteiger partial charge in [-0.2, -0.15) is 0 Å².